The van der Waals surface area contributed by atoms with E-state index in [1.54, 1.807) is 12.4 Å². The molecule has 0 saturated carbocycles. The SMILES string of the molecule is C[C@H](CO)NCc1cnc2cnc(Br)cn12. The van der Waals surface area contributed by atoms with Crippen LogP contribution in [-0.4, -0.2) is 32.1 Å². The van der Waals surface area contributed by atoms with Gasteiger partial charge in [-0.3, -0.25) is 4.40 Å². The highest BCUT2D eigenvalue weighted by atomic mass is 79.9. The maximum absolute atomic E-state index is 8.92. The Hall–Kier alpha value is -0.980. The molecular weight excluding hydrogens is 272 g/mol. The molecule has 0 saturated heterocycles. The minimum atomic E-state index is 0.0795. The van der Waals surface area contributed by atoms with Gasteiger partial charge < -0.3 is 10.4 Å². The zero-order valence-corrected chi connectivity index (χ0v) is 10.5. The lowest BCUT2D eigenvalue weighted by atomic mass is 10.3. The van der Waals surface area contributed by atoms with Crippen molar-refractivity contribution in [1.82, 2.24) is 19.7 Å². The fourth-order valence-corrected chi connectivity index (χ4v) is 1.70. The van der Waals surface area contributed by atoms with Gasteiger partial charge >= 0.3 is 0 Å². The largest absolute Gasteiger partial charge is 0.395 e. The third-order valence-electron chi connectivity index (χ3n) is 2.35. The first kappa shape index (κ1) is 11.5. The second kappa shape index (κ2) is 4.90. The molecule has 0 fully saturated rings. The Kier molecular flexibility index (Phi) is 3.52. The molecule has 0 spiro atoms. The van der Waals surface area contributed by atoms with E-state index in [4.69, 9.17) is 5.11 Å². The van der Waals surface area contributed by atoms with E-state index in [-0.39, 0.29) is 12.6 Å². The number of hydrogen-bond acceptors (Lipinski definition) is 4. The zero-order chi connectivity index (χ0) is 11.5. The van der Waals surface area contributed by atoms with Crippen molar-refractivity contribution in [2.45, 2.75) is 19.5 Å². The van der Waals surface area contributed by atoms with Gasteiger partial charge in [-0.2, -0.15) is 0 Å². The highest BCUT2D eigenvalue weighted by molar-refractivity contribution is 9.10. The number of nitrogens with zero attached hydrogens (tertiary/aromatic N) is 3. The van der Waals surface area contributed by atoms with Crippen molar-refractivity contribution < 1.29 is 5.11 Å². The molecule has 2 heterocycles. The molecule has 0 bridgehead atoms. The summed E-state index contributed by atoms with van der Waals surface area (Å²) in [6.07, 6.45) is 5.40. The van der Waals surface area contributed by atoms with Crippen molar-refractivity contribution in [2.75, 3.05) is 6.61 Å². The molecule has 0 aliphatic rings. The molecule has 86 valence electrons. The quantitative estimate of drug-likeness (QED) is 0.878. The van der Waals surface area contributed by atoms with Gasteiger partial charge in [-0.25, -0.2) is 9.97 Å². The molecule has 1 atom stereocenters. The Morgan fingerprint density at radius 3 is 3.06 bits per heavy atom. The van der Waals surface area contributed by atoms with Gasteiger partial charge in [-0.05, 0) is 22.9 Å². The molecule has 2 aromatic rings. The average molecular weight is 285 g/mol. The fraction of sp³-hybridized carbons (Fsp3) is 0.400. The molecule has 0 amide bonds. The monoisotopic (exact) mass is 284 g/mol. The maximum Gasteiger partial charge on any atom is 0.155 e. The number of halogens is 1. The molecule has 0 unspecified atom stereocenters. The topological polar surface area (TPSA) is 62.5 Å². The average Bonchev–Trinajstić information content (AvgIpc) is 2.68. The number of nitrogens with one attached hydrogen (secondary N) is 1. The minimum absolute atomic E-state index is 0.0795. The van der Waals surface area contributed by atoms with E-state index in [9.17, 15) is 0 Å². The van der Waals surface area contributed by atoms with Crippen molar-refractivity contribution in [3.05, 3.63) is 28.9 Å². The van der Waals surface area contributed by atoms with Crippen LogP contribution in [0.5, 0.6) is 0 Å². The highest BCUT2D eigenvalue weighted by Crippen LogP contribution is 2.10. The second-order valence-corrected chi connectivity index (χ2v) is 4.46. The van der Waals surface area contributed by atoms with Crippen LogP contribution in [0.4, 0.5) is 0 Å². The van der Waals surface area contributed by atoms with E-state index in [0.717, 1.165) is 15.9 Å². The van der Waals surface area contributed by atoms with Crippen LogP contribution < -0.4 is 5.32 Å². The third-order valence-corrected chi connectivity index (χ3v) is 2.76. The van der Waals surface area contributed by atoms with Gasteiger partial charge in [0, 0.05) is 18.8 Å². The molecule has 0 aromatic carbocycles. The third kappa shape index (κ3) is 2.40. The predicted octanol–water partition coefficient (Wildman–Crippen LogP) is 0.962. The number of hydrogen-bond donors (Lipinski definition) is 2. The van der Waals surface area contributed by atoms with Gasteiger partial charge in [0.05, 0.1) is 24.7 Å². The molecule has 0 aliphatic heterocycles. The van der Waals surface area contributed by atoms with E-state index in [2.05, 4.69) is 31.2 Å². The number of rotatable bonds is 4. The van der Waals surface area contributed by atoms with Crippen LogP contribution in [0.1, 0.15) is 12.6 Å². The smallest absolute Gasteiger partial charge is 0.155 e. The van der Waals surface area contributed by atoms with Crippen molar-refractivity contribution in [1.29, 1.82) is 0 Å². The summed E-state index contributed by atoms with van der Waals surface area (Å²) in [4.78, 5) is 8.35. The van der Waals surface area contributed by atoms with E-state index < -0.39 is 0 Å². The molecule has 0 radical (unpaired) electrons. The zero-order valence-electron chi connectivity index (χ0n) is 8.89. The summed E-state index contributed by atoms with van der Waals surface area (Å²) >= 11 is 3.32. The minimum Gasteiger partial charge on any atom is -0.395 e. The van der Waals surface area contributed by atoms with Crippen LogP contribution >= 0.6 is 15.9 Å². The number of aliphatic hydroxyl groups excluding tert-OH is 1. The number of fused-ring (bicyclic) bond motifs is 1. The van der Waals surface area contributed by atoms with Crippen molar-refractivity contribution in [3.63, 3.8) is 0 Å². The van der Waals surface area contributed by atoms with E-state index in [1.807, 2.05) is 17.5 Å². The van der Waals surface area contributed by atoms with Gasteiger partial charge in [-0.15, -0.1) is 0 Å². The summed E-state index contributed by atoms with van der Waals surface area (Å²) in [6, 6.07) is 0.0795. The van der Waals surface area contributed by atoms with E-state index >= 15 is 0 Å². The molecule has 2 N–H and O–H groups in total. The van der Waals surface area contributed by atoms with E-state index in [1.165, 1.54) is 0 Å². The van der Waals surface area contributed by atoms with Gasteiger partial charge in [0.2, 0.25) is 0 Å². The van der Waals surface area contributed by atoms with Crippen molar-refractivity contribution in [2.24, 2.45) is 0 Å². The summed E-state index contributed by atoms with van der Waals surface area (Å²) in [6.45, 7) is 2.72. The first-order chi connectivity index (χ1) is 7.70. The highest BCUT2D eigenvalue weighted by Gasteiger charge is 2.05. The van der Waals surface area contributed by atoms with Gasteiger partial charge in [0.15, 0.2) is 5.65 Å². The Labute approximate surface area is 102 Å². The Morgan fingerprint density at radius 1 is 1.50 bits per heavy atom. The standard InChI is InChI=1S/C10H13BrN4O/c1-7(6-16)12-2-8-3-14-10-4-13-9(11)5-15(8)10/h3-5,7,12,16H,2,6H2,1H3/t7-/m1/s1. The molecule has 16 heavy (non-hydrogen) atoms. The van der Waals surface area contributed by atoms with E-state index in [0.29, 0.717) is 6.54 Å². The molecule has 0 aliphatic carbocycles. The van der Waals surface area contributed by atoms with Crippen LogP contribution in [0.15, 0.2) is 23.2 Å². The summed E-state index contributed by atoms with van der Waals surface area (Å²) in [5.41, 5.74) is 1.86. The lowest BCUT2D eigenvalue weighted by molar-refractivity contribution is 0.250. The maximum atomic E-state index is 8.92. The lowest BCUT2D eigenvalue weighted by Crippen LogP contribution is -2.29. The molecule has 6 heteroatoms. The van der Waals surface area contributed by atoms with Gasteiger partial charge in [0.25, 0.3) is 0 Å². The molecule has 2 aromatic heterocycles. The van der Waals surface area contributed by atoms with Crippen LogP contribution in [0, 0.1) is 0 Å². The van der Waals surface area contributed by atoms with Crippen LogP contribution in [0.2, 0.25) is 0 Å². The summed E-state index contributed by atoms with van der Waals surface area (Å²) in [5, 5.41) is 12.1. The van der Waals surface area contributed by atoms with Crippen molar-refractivity contribution >= 4 is 21.6 Å². The number of aromatic nitrogens is 3. The molecule has 5 nitrogen and oxygen atoms in total. The Morgan fingerprint density at radius 2 is 2.31 bits per heavy atom. The lowest BCUT2D eigenvalue weighted by Gasteiger charge is -2.09. The van der Waals surface area contributed by atoms with Crippen LogP contribution in [-0.2, 0) is 6.54 Å². The van der Waals surface area contributed by atoms with Crippen LogP contribution in [0.3, 0.4) is 0 Å². The first-order valence-electron chi connectivity index (χ1n) is 5.02. The Bertz CT molecular complexity index is 485. The Balaban J connectivity index is 2.21. The predicted molar refractivity (Wildman–Crippen MR) is 64.1 cm³/mol. The fourth-order valence-electron chi connectivity index (χ4n) is 1.39. The summed E-state index contributed by atoms with van der Waals surface area (Å²) in [5.74, 6) is 0. The normalized spacial score (nSPS) is 13.2. The summed E-state index contributed by atoms with van der Waals surface area (Å²) < 4.78 is 2.74. The summed E-state index contributed by atoms with van der Waals surface area (Å²) in [7, 11) is 0. The number of aliphatic hydroxyl groups is 1. The number of imidazole rings is 1. The van der Waals surface area contributed by atoms with Crippen LogP contribution in [0.25, 0.3) is 5.65 Å². The van der Waals surface area contributed by atoms with Gasteiger partial charge in [-0.1, -0.05) is 0 Å². The van der Waals surface area contributed by atoms with Gasteiger partial charge in [0.1, 0.15) is 4.60 Å². The second-order valence-electron chi connectivity index (χ2n) is 3.65. The van der Waals surface area contributed by atoms with Crippen molar-refractivity contribution in [3.8, 4) is 0 Å². The molecule has 2 rings (SSSR count). The first-order valence-corrected chi connectivity index (χ1v) is 5.81. The molecular formula is C10H13BrN4O.